The van der Waals surface area contributed by atoms with Crippen molar-refractivity contribution in [1.29, 1.82) is 0 Å². The minimum Gasteiger partial charge on any atom is -0.279 e. The maximum atomic E-state index is 12.4. The number of hydrogen-bond acceptors (Lipinski definition) is 2. The second-order valence-corrected chi connectivity index (χ2v) is 8.05. The Kier molecular flexibility index (Phi) is 5.11. The van der Waals surface area contributed by atoms with Gasteiger partial charge in [0.15, 0.2) is 0 Å². The van der Waals surface area contributed by atoms with Gasteiger partial charge in [0.05, 0.1) is 20.8 Å². The Bertz CT molecular complexity index is 809. The van der Waals surface area contributed by atoms with Crippen molar-refractivity contribution in [1.82, 2.24) is 0 Å². The molecule has 0 saturated heterocycles. The van der Waals surface area contributed by atoms with E-state index in [0.717, 1.165) is 10.0 Å². The van der Waals surface area contributed by atoms with E-state index in [2.05, 4.69) is 20.7 Å². The number of rotatable bonds is 3. The molecule has 0 saturated carbocycles. The minimum absolute atomic E-state index is 0.00617. The molecule has 8 heteroatoms. The summed E-state index contributed by atoms with van der Waals surface area (Å²) in [7, 11) is -3.86. The number of halogens is 4. The van der Waals surface area contributed by atoms with Crippen molar-refractivity contribution in [3.8, 4) is 0 Å². The molecule has 1 N–H and O–H groups in total. The predicted molar refractivity (Wildman–Crippen MR) is 91.2 cm³/mol. The van der Waals surface area contributed by atoms with Gasteiger partial charge in [0.1, 0.15) is 4.90 Å². The lowest BCUT2D eigenvalue weighted by atomic mass is 10.2. The van der Waals surface area contributed by atoms with Gasteiger partial charge in [-0.2, -0.15) is 0 Å². The van der Waals surface area contributed by atoms with E-state index >= 15 is 0 Å². The van der Waals surface area contributed by atoms with Gasteiger partial charge in [0, 0.05) is 4.47 Å². The predicted octanol–water partition coefficient (Wildman–Crippen LogP) is 5.52. The van der Waals surface area contributed by atoms with E-state index in [1.807, 2.05) is 0 Å². The summed E-state index contributed by atoms with van der Waals surface area (Å²) in [6.45, 7) is 1.79. The molecule has 21 heavy (non-hydrogen) atoms. The van der Waals surface area contributed by atoms with Gasteiger partial charge in [0.25, 0.3) is 10.0 Å². The molecule has 0 aromatic heterocycles. The van der Waals surface area contributed by atoms with Crippen molar-refractivity contribution < 1.29 is 8.42 Å². The highest BCUT2D eigenvalue weighted by Crippen LogP contribution is 2.33. The number of sulfonamides is 1. The molecule has 0 spiro atoms. The van der Waals surface area contributed by atoms with Crippen LogP contribution < -0.4 is 4.72 Å². The molecule has 0 aliphatic heterocycles. The standard InChI is InChI=1S/C13H9BrCl3NO2S/c1-7-4-8(14)2-3-12(7)18-21(19,20)13-6-10(16)9(15)5-11(13)17/h2-6,18H,1H3. The Balaban J connectivity index is 2.46. The Morgan fingerprint density at radius 2 is 1.62 bits per heavy atom. The van der Waals surface area contributed by atoms with Crippen LogP contribution in [0.3, 0.4) is 0 Å². The fraction of sp³-hybridized carbons (Fsp3) is 0.0769. The van der Waals surface area contributed by atoms with Crippen LogP contribution in [0.4, 0.5) is 5.69 Å². The molecule has 0 atom stereocenters. The van der Waals surface area contributed by atoms with Gasteiger partial charge >= 0.3 is 0 Å². The van der Waals surface area contributed by atoms with Gasteiger partial charge in [-0.1, -0.05) is 50.7 Å². The zero-order chi connectivity index (χ0) is 15.8. The topological polar surface area (TPSA) is 46.2 Å². The highest BCUT2D eigenvalue weighted by atomic mass is 79.9. The third-order valence-electron chi connectivity index (χ3n) is 2.70. The molecule has 112 valence electrons. The van der Waals surface area contributed by atoms with Crippen molar-refractivity contribution in [2.45, 2.75) is 11.8 Å². The van der Waals surface area contributed by atoms with Crippen molar-refractivity contribution in [2.24, 2.45) is 0 Å². The lowest BCUT2D eigenvalue weighted by Crippen LogP contribution is -2.14. The summed E-state index contributed by atoms with van der Waals surface area (Å²) < 4.78 is 28.2. The van der Waals surface area contributed by atoms with Crippen molar-refractivity contribution in [2.75, 3.05) is 4.72 Å². The van der Waals surface area contributed by atoms with E-state index in [4.69, 9.17) is 34.8 Å². The highest BCUT2D eigenvalue weighted by molar-refractivity contribution is 9.10. The van der Waals surface area contributed by atoms with E-state index in [9.17, 15) is 8.42 Å². The Morgan fingerprint density at radius 3 is 2.24 bits per heavy atom. The van der Waals surface area contributed by atoms with Crippen molar-refractivity contribution >= 4 is 66.4 Å². The van der Waals surface area contributed by atoms with Crippen LogP contribution in [0.15, 0.2) is 39.7 Å². The van der Waals surface area contributed by atoms with Gasteiger partial charge in [-0.3, -0.25) is 4.72 Å². The molecule has 2 rings (SSSR count). The molecule has 2 aromatic carbocycles. The summed E-state index contributed by atoms with van der Waals surface area (Å²) in [5, 5.41) is 0.320. The second-order valence-electron chi connectivity index (χ2n) is 4.26. The normalized spacial score (nSPS) is 11.5. The zero-order valence-corrected chi connectivity index (χ0v) is 15.3. The largest absolute Gasteiger partial charge is 0.279 e. The fourth-order valence-electron chi connectivity index (χ4n) is 1.65. The molecule has 0 fully saturated rings. The van der Waals surface area contributed by atoms with Crippen molar-refractivity contribution in [3.63, 3.8) is 0 Å². The van der Waals surface area contributed by atoms with Crippen LogP contribution in [0.1, 0.15) is 5.56 Å². The highest BCUT2D eigenvalue weighted by Gasteiger charge is 2.20. The average molecular weight is 430 g/mol. The van der Waals surface area contributed by atoms with Gasteiger partial charge in [0.2, 0.25) is 0 Å². The molecule has 0 amide bonds. The fourth-order valence-corrected chi connectivity index (χ4v) is 4.26. The Labute approximate surface area is 146 Å². The summed E-state index contributed by atoms with van der Waals surface area (Å²) in [5.74, 6) is 0. The quantitative estimate of drug-likeness (QED) is 0.653. The maximum absolute atomic E-state index is 12.4. The van der Waals surface area contributed by atoms with Crippen LogP contribution in [0.25, 0.3) is 0 Å². The van der Waals surface area contributed by atoms with Gasteiger partial charge in [-0.15, -0.1) is 0 Å². The maximum Gasteiger partial charge on any atom is 0.263 e. The molecule has 0 bridgehead atoms. The number of aryl methyl sites for hydroxylation is 1. The summed E-state index contributed by atoms with van der Waals surface area (Å²) in [6.07, 6.45) is 0. The first kappa shape index (κ1) is 16.9. The van der Waals surface area contributed by atoms with E-state index < -0.39 is 10.0 Å². The van der Waals surface area contributed by atoms with Crippen LogP contribution in [-0.2, 0) is 10.0 Å². The molecule has 2 aromatic rings. The van der Waals surface area contributed by atoms with Crippen LogP contribution in [0.5, 0.6) is 0 Å². The van der Waals surface area contributed by atoms with E-state index in [1.165, 1.54) is 12.1 Å². The summed E-state index contributed by atoms with van der Waals surface area (Å²) in [6, 6.07) is 7.72. The molecular weight excluding hydrogens is 420 g/mol. The zero-order valence-electron chi connectivity index (χ0n) is 10.6. The smallest absolute Gasteiger partial charge is 0.263 e. The van der Waals surface area contributed by atoms with Crippen LogP contribution in [0, 0.1) is 6.92 Å². The van der Waals surface area contributed by atoms with Crippen molar-refractivity contribution in [3.05, 3.63) is 55.4 Å². The summed E-state index contributed by atoms with van der Waals surface area (Å²) in [5.41, 5.74) is 1.23. The molecule has 0 aliphatic carbocycles. The lowest BCUT2D eigenvalue weighted by molar-refractivity contribution is 0.601. The summed E-state index contributed by atoms with van der Waals surface area (Å²) >= 11 is 20.9. The van der Waals surface area contributed by atoms with Crippen LogP contribution in [-0.4, -0.2) is 8.42 Å². The van der Waals surface area contributed by atoms with Crippen LogP contribution in [0.2, 0.25) is 15.1 Å². The lowest BCUT2D eigenvalue weighted by Gasteiger charge is -2.12. The third-order valence-corrected chi connectivity index (χ3v) is 5.74. The van der Waals surface area contributed by atoms with Crippen LogP contribution >= 0.6 is 50.7 Å². The van der Waals surface area contributed by atoms with E-state index in [0.29, 0.717) is 5.69 Å². The number of anilines is 1. The first-order valence-electron chi connectivity index (χ1n) is 5.64. The number of benzene rings is 2. The minimum atomic E-state index is -3.86. The van der Waals surface area contributed by atoms with E-state index in [-0.39, 0.29) is 20.0 Å². The second kappa shape index (κ2) is 6.34. The third kappa shape index (κ3) is 3.85. The SMILES string of the molecule is Cc1cc(Br)ccc1NS(=O)(=O)c1cc(Cl)c(Cl)cc1Cl. The van der Waals surface area contributed by atoms with Gasteiger partial charge in [-0.05, 0) is 42.8 Å². The average Bonchev–Trinajstić information content (AvgIpc) is 2.37. The monoisotopic (exact) mass is 427 g/mol. The first-order chi connectivity index (χ1) is 9.70. The molecule has 3 nitrogen and oxygen atoms in total. The Morgan fingerprint density at radius 1 is 1.00 bits per heavy atom. The molecule has 0 aliphatic rings. The van der Waals surface area contributed by atoms with Gasteiger partial charge in [-0.25, -0.2) is 8.42 Å². The number of hydrogen-bond donors (Lipinski definition) is 1. The number of nitrogens with one attached hydrogen (secondary N) is 1. The summed E-state index contributed by atoms with van der Waals surface area (Å²) in [4.78, 5) is -0.124. The Hall–Kier alpha value is -0.460. The molecule has 0 radical (unpaired) electrons. The molecular formula is C13H9BrCl3NO2S. The van der Waals surface area contributed by atoms with E-state index in [1.54, 1.807) is 25.1 Å². The van der Waals surface area contributed by atoms with Gasteiger partial charge < -0.3 is 0 Å². The molecule has 0 heterocycles. The first-order valence-corrected chi connectivity index (χ1v) is 9.05. The molecule has 0 unspecified atom stereocenters.